The summed E-state index contributed by atoms with van der Waals surface area (Å²) in [5, 5.41) is 5.20. The molecule has 8 heteroatoms. The first kappa shape index (κ1) is 26.7. The summed E-state index contributed by atoms with van der Waals surface area (Å²) in [7, 11) is 32.0. The van der Waals surface area contributed by atoms with Crippen molar-refractivity contribution in [2.45, 2.75) is 0 Å². The van der Waals surface area contributed by atoms with Gasteiger partial charge in [0, 0.05) is 38.5 Å². The molecule has 0 fully saturated rings. The molecule has 0 atom stereocenters. The maximum absolute atomic E-state index is 6.60. The lowest BCUT2D eigenvalue weighted by molar-refractivity contribution is 1.18. The number of rotatable bonds is 4. The van der Waals surface area contributed by atoms with Crippen LogP contribution in [0.1, 0.15) is 0 Å². The molecule has 0 aliphatic rings. The van der Waals surface area contributed by atoms with Crippen molar-refractivity contribution in [1.29, 1.82) is 0 Å². The minimum Gasteiger partial charge on any atom is -0.312 e. The molecule has 186 valence electrons. The lowest BCUT2D eigenvalue weighted by atomic mass is 9.61. The Labute approximate surface area is 256 Å². The molecule has 42 heavy (non-hydrogen) atoms. The molecule has 0 aliphatic carbocycles. The van der Waals surface area contributed by atoms with E-state index >= 15 is 0 Å². The Morgan fingerprint density at radius 1 is 0.500 bits per heavy atom. The monoisotopic (exact) mass is 544 g/mol. The van der Waals surface area contributed by atoms with Crippen molar-refractivity contribution in [3.8, 4) is 5.69 Å². The Balaban J connectivity index is 1.58. The molecule has 0 N–H and O–H groups in total. The van der Waals surface area contributed by atoms with E-state index in [9.17, 15) is 0 Å². The average Bonchev–Trinajstić information content (AvgIpc) is 3.33. The lowest BCUT2D eigenvalue weighted by Gasteiger charge is -2.32. The quantitative estimate of drug-likeness (QED) is 0.304. The van der Waals surface area contributed by atoms with E-state index in [4.69, 9.17) is 50.8 Å². The van der Waals surface area contributed by atoms with Crippen LogP contribution in [0.4, 0.5) is 17.1 Å². The van der Waals surface area contributed by atoms with E-state index in [1.165, 1.54) is 10.8 Å². The van der Waals surface area contributed by atoms with Crippen LogP contribution in [0, 0.1) is 0 Å². The largest absolute Gasteiger partial charge is 0.312 e. The van der Waals surface area contributed by atoms with Crippen LogP contribution < -0.4 is 32.2 Å². The molecule has 7 rings (SSSR count). The first-order valence-electron chi connectivity index (χ1n) is 13.4. The van der Waals surface area contributed by atoms with Crippen molar-refractivity contribution in [1.82, 2.24) is 4.57 Å². The van der Waals surface area contributed by atoms with Crippen molar-refractivity contribution in [3.63, 3.8) is 0 Å². The first-order valence-corrected chi connectivity index (χ1v) is 13.8. The number of aromatic nitrogens is 1. The Kier molecular flexibility index (Phi) is 6.52. The molecular formula is C34H18B5ClN2. The van der Waals surface area contributed by atoms with Crippen LogP contribution in [0.15, 0.2) is 109 Å². The topological polar surface area (TPSA) is 8.17 Å². The number of hydrogen-bond acceptors (Lipinski definition) is 1. The molecule has 1 aromatic heterocycles. The van der Waals surface area contributed by atoms with Crippen LogP contribution in [0.2, 0.25) is 5.02 Å². The van der Waals surface area contributed by atoms with E-state index in [-0.39, 0.29) is 27.3 Å². The zero-order chi connectivity index (χ0) is 29.1. The van der Waals surface area contributed by atoms with Crippen LogP contribution in [0.5, 0.6) is 0 Å². The molecule has 0 unspecified atom stereocenters. The predicted octanol–water partition coefficient (Wildman–Crippen LogP) is 4.03. The molecule has 1 heterocycles. The second-order valence-corrected chi connectivity index (χ2v) is 10.8. The molecule has 0 spiro atoms. The number of nitrogens with zero attached hydrogens (tertiary/aromatic N) is 2. The second-order valence-electron chi connectivity index (χ2n) is 10.3. The van der Waals surface area contributed by atoms with Gasteiger partial charge in [-0.15, -0.1) is 16.4 Å². The maximum atomic E-state index is 6.60. The maximum Gasteiger partial charge on any atom is 0.115 e. The van der Waals surface area contributed by atoms with Crippen molar-refractivity contribution >= 4 is 128 Å². The van der Waals surface area contributed by atoms with Gasteiger partial charge in [0.1, 0.15) is 39.2 Å². The molecule has 0 saturated heterocycles. The molecule has 0 saturated carbocycles. The molecular weight excluding hydrogens is 526 g/mol. The standard InChI is InChI=1S/C34H18B5ClN2/c35-29-30(36)32(38)34(33(39)31(29)37)41(23-12-10-21(40)11-13-23)24-14-15-25-26-16-19-6-4-5-7-20(19)17-27(26)42(28(25)18-24)22-8-2-1-3-9-22/h1-18H. The van der Waals surface area contributed by atoms with E-state index in [1.807, 2.05) is 53.4 Å². The van der Waals surface area contributed by atoms with Crippen LogP contribution in [0.3, 0.4) is 0 Å². The summed E-state index contributed by atoms with van der Waals surface area (Å²) in [6.07, 6.45) is 0. The van der Waals surface area contributed by atoms with Crippen molar-refractivity contribution in [2.75, 3.05) is 4.90 Å². The molecule has 10 radical (unpaired) electrons. The van der Waals surface area contributed by atoms with Crippen LogP contribution in [-0.4, -0.2) is 43.8 Å². The van der Waals surface area contributed by atoms with E-state index in [0.717, 1.165) is 38.9 Å². The van der Waals surface area contributed by atoms with Gasteiger partial charge >= 0.3 is 0 Å². The lowest BCUT2D eigenvalue weighted by Crippen LogP contribution is -2.56. The van der Waals surface area contributed by atoms with Gasteiger partial charge in [-0.2, -0.15) is 0 Å². The molecule has 0 aliphatic heterocycles. The Bertz CT molecular complexity index is 2130. The molecule has 2 nitrogen and oxygen atoms in total. The summed E-state index contributed by atoms with van der Waals surface area (Å²) < 4.78 is 2.28. The minimum absolute atomic E-state index is 0.163. The summed E-state index contributed by atoms with van der Waals surface area (Å²) >= 11 is 6.27. The number of hydrogen-bond donors (Lipinski definition) is 0. The first-order chi connectivity index (χ1) is 20.3. The van der Waals surface area contributed by atoms with Gasteiger partial charge < -0.3 is 9.47 Å². The highest BCUT2D eigenvalue weighted by atomic mass is 35.5. The summed E-state index contributed by atoms with van der Waals surface area (Å²) in [6, 6.07) is 36.9. The van der Waals surface area contributed by atoms with E-state index in [1.54, 1.807) is 0 Å². The fourth-order valence-electron chi connectivity index (χ4n) is 5.76. The van der Waals surface area contributed by atoms with Gasteiger partial charge in [-0.25, -0.2) is 0 Å². The highest BCUT2D eigenvalue weighted by Crippen LogP contribution is 2.39. The van der Waals surface area contributed by atoms with Crippen LogP contribution in [0.25, 0.3) is 38.3 Å². The van der Waals surface area contributed by atoms with Crippen molar-refractivity contribution < 1.29 is 0 Å². The molecule has 0 bridgehead atoms. The van der Waals surface area contributed by atoms with Gasteiger partial charge in [-0.05, 0) is 71.4 Å². The molecule has 6 aromatic carbocycles. The van der Waals surface area contributed by atoms with Crippen LogP contribution in [-0.2, 0) is 0 Å². The third-order valence-electron chi connectivity index (χ3n) is 7.87. The van der Waals surface area contributed by atoms with Gasteiger partial charge in [0.05, 0.1) is 11.0 Å². The molecule has 0 amide bonds. The summed E-state index contributed by atoms with van der Waals surface area (Å²) in [6.45, 7) is 0. The summed E-state index contributed by atoms with van der Waals surface area (Å²) in [5.74, 6) is 0. The minimum atomic E-state index is 0.163. The third-order valence-corrected chi connectivity index (χ3v) is 8.12. The van der Waals surface area contributed by atoms with E-state index < -0.39 is 0 Å². The van der Waals surface area contributed by atoms with E-state index in [0.29, 0.717) is 10.7 Å². The van der Waals surface area contributed by atoms with Gasteiger partial charge in [0.25, 0.3) is 0 Å². The second kappa shape index (κ2) is 10.3. The average molecular weight is 544 g/mol. The number of fused-ring (bicyclic) bond motifs is 4. The normalized spacial score (nSPS) is 11.5. The van der Waals surface area contributed by atoms with Crippen molar-refractivity contribution in [2.24, 2.45) is 0 Å². The Hall–Kier alpha value is -4.21. The van der Waals surface area contributed by atoms with Gasteiger partial charge in [0.15, 0.2) is 0 Å². The number of para-hydroxylation sites is 1. The fraction of sp³-hybridized carbons (Fsp3) is 0. The SMILES string of the molecule is [B]c1c([B])c([B])c(N(c2ccc(Cl)cc2)c2ccc3c4cc5ccccc5cc4n(-c4ccccc4)c3c2)c([B])c1[B]. The highest BCUT2D eigenvalue weighted by Gasteiger charge is 2.22. The predicted molar refractivity (Wildman–Crippen MR) is 185 cm³/mol. The van der Waals surface area contributed by atoms with Gasteiger partial charge in [-0.3, -0.25) is 0 Å². The number of benzene rings is 6. The Morgan fingerprint density at radius 3 is 1.71 bits per heavy atom. The number of anilines is 3. The van der Waals surface area contributed by atoms with E-state index in [2.05, 4.69) is 65.2 Å². The van der Waals surface area contributed by atoms with Crippen LogP contribution >= 0.6 is 11.6 Å². The van der Waals surface area contributed by atoms with Gasteiger partial charge in [-0.1, -0.05) is 71.1 Å². The zero-order valence-electron chi connectivity index (χ0n) is 22.6. The van der Waals surface area contributed by atoms with Gasteiger partial charge in [0.2, 0.25) is 0 Å². The zero-order valence-corrected chi connectivity index (χ0v) is 23.3. The number of halogens is 1. The Morgan fingerprint density at radius 2 is 1.05 bits per heavy atom. The fourth-order valence-corrected chi connectivity index (χ4v) is 5.89. The summed E-state index contributed by atoms with van der Waals surface area (Å²) in [4.78, 5) is 1.94. The highest BCUT2D eigenvalue weighted by molar-refractivity contribution is 6.69. The molecule has 7 aromatic rings. The third kappa shape index (κ3) is 4.18. The smallest absolute Gasteiger partial charge is 0.115 e. The summed E-state index contributed by atoms with van der Waals surface area (Å²) in [5.41, 5.74) is 6.19. The van der Waals surface area contributed by atoms with Crippen molar-refractivity contribution in [3.05, 3.63) is 114 Å².